The van der Waals surface area contributed by atoms with Crippen molar-refractivity contribution < 1.29 is 4.79 Å². The van der Waals surface area contributed by atoms with Crippen LogP contribution in [0.4, 0.5) is 0 Å². The Bertz CT molecular complexity index is 300. The van der Waals surface area contributed by atoms with Gasteiger partial charge in [0.25, 0.3) is 0 Å². The Balaban J connectivity index is 2.36. The van der Waals surface area contributed by atoms with Crippen LogP contribution in [-0.2, 0) is 4.79 Å². The van der Waals surface area contributed by atoms with Gasteiger partial charge in [0, 0.05) is 12.1 Å². The Morgan fingerprint density at radius 1 is 1.19 bits per heavy atom. The van der Waals surface area contributed by atoms with Gasteiger partial charge in [-0.1, -0.05) is 13.8 Å². The SMILES string of the molecule is CCCNC(C)C1CCN(C(C)C(=O)NC(C)CC)CC1. The summed E-state index contributed by atoms with van der Waals surface area (Å²) >= 11 is 0. The fourth-order valence-corrected chi connectivity index (χ4v) is 2.98. The van der Waals surface area contributed by atoms with E-state index in [-0.39, 0.29) is 18.0 Å². The van der Waals surface area contributed by atoms with Gasteiger partial charge >= 0.3 is 0 Å². The highest BCUT2D eigenvalue weighted by Crippen LogP contribution is 2.22. The van der Waals surface area contributed by atoms with Crippen molar-refractivity contribution in [1.29, 1.82) is 0 Å². The summed E-state index contributed by atoms with van der Waals surface area (Å²) < 4.78 is 0. The molecule has 1 amide bonds. The number of nitrogens with zero attached hydrogens (tertiary/aromatic N) is 1. The number of hydrogen-bond acceptors (Lipinski definition) is 3. The Kier molecular flexibility index (Phi) is 8.27. The molecule has 21 heavy (non-hydrogen) atoms. The number of carbonyl (C=O) groups is 1. The molecule has 0 radical (unpaired) electrons. The molecule has 0 aromatic heterocycles. The maximum absolute atomic E-state index is 12.2. The number of nitrogens with one attached hydrogen (secondary N) is 2. The molecule has 0 spiro atoms. The van der Waals surface area contributed by atoms with Gasteiger partial charge in [0.05, 0.1) is 6.04 Å². The zero-order chi connectivity index (χ0) is 15.8. The van der Waals surface area contributed by atoms with E-state index >= 15 is 0 Å². The molecule has 124 valence electrons. The van der Waals surface area contributed by atoms with Gasteiger partial charge < -0.3 is 10.6 Å². The van der Waals surface area contributed by atoms with Crippen LogP contribution in [0.1, 0.15) is 60.3 Å². The first-order chi connectivity index (χ1) is 9.99. The quantitative estimate of drug-likeness (QED) is 0.723. The third-order valence-corrected chi connectivity index (χ3v) is 4.93. The van der Waals surface area contributed by atoms with Crippen LogP contribution < -0.4 is 10.6 Å². The summed E-state index contributed by atoms with van der Waals surface area (Å²) in [6, 6.07) is 0.867. The maximum Gasteiger partial charge on any atom is 0.237 e. The summed E-state index contributed by atoms with van der Waals surface area (Å²) in [6.45, 7) is 13.9. The molecule has 4 heteroatoms. The number of rotatable bonds is 8. The molecule has 1 aliphatic heterocycles. The molecule has 4 nitrogen and oxygen atoms in total. The van der Waals surface area contributed by atoms with Crippen LogP contribution in [0.15, 0.2) is 0 Å². The van der Waals surface area contributed by atoms with Crippen molar-refractivity contribution in [2.45, 2.75) is 78.4 Å². The van der Waals surface area contributed by atoms with E-state index in [9.17, 15) is 4.79 Å². The first kappa shape index (κ1) is 18.4. The van der Waals surface area contributed by atoms with Crippen molar-refractivity contribution in [3.8, 4) is 0 Å². The molecular formula is C17H35N3O. The molecule has 3 unspecified atom stereocenters. The summed E-state index contributed by atoms with van der Waals surface area (Å²) in [6.07, 6.45) is 4.56. The number of piperidine rings is 1. The van der Waals surface area contributed by atoms with Gasteiger partial charge in [-0.3, -0.25) is 9.69 Å². The molecule has 0 saturated carbocycles. The Morgan fingerprint density at radius 2 is 1.81 bits per heavy atom. The lowest BCUT2D eigenvalue weighted by Gasteiger charge is -2.38. The second-order valence-corrected chi connectivity index (χ2v) is 6.61. The molecule has 0 aliphatic carbocycles. The van der Waals surface area contributed by atoms with Crippen molar-refractivity contribution in [2.75, 3.05) is 19.6 Å². The van der Waals surface area contributed by atoms with Crippen LogP contribution in [0.2, 0.25) is 0 Å². The van der Waals surface area contributed by atoms with Gasteiger partial charge in [0.2, 0.25) is 5.91 Å². The number of likely N-dealkylation sites (tertiary alicyclic amines) is 1. The van der Waals surface area contributed by atoms with Crippen LogP contribution in [-0.4, -0.2) is 48.6 Å². The summed E-state index contributed by atoms with van der Waals surface area (Å²) in [7, 11) is 0. The largest absolute Gasteiger partial charge is 0.352 e. The van der Waals surface area contributed by atoms with E-state index < -0.39 is 0 Å². The van der Waals surface area contributed by atoms with Crippen molar-refractivity contribution in [3.63, 3.8) is 0 Å². The van der Waals surface area contributed by atoms with Gasteiger partial charge in [-0.2, -0.15) is 0 Å². The molecule has 1 rings (SSSR count). The zero-order valence-corrected chi connectivity index (χ0v) is 14.6. The van der Waals surface area contributed by atoms with Crippen molar-refractivity contribution in [1.82, 2.24) is 15.5 Å². The summed E-state index contributed by atoms with van der Waals surface area (Å²) in [5.74, 6) is 0.928. The van der Waals surface area contributed by atoms with Crippen LogP contribution >= 0.6 is 0 Å². The second-order valence-electron chi connectivity index (χ2n) is 6.61. The first-order valence-electron chi connectivity index (χ1n) is 8.77. The van der Waals surface area contributed by atoms with Crippen molar-refractivity contribution in [3.05, 3.63) is 0 Å². The van der Waals surface area contributed by atoms with Crippen LogP contribution in [0.25, 0.3) is 0 Å². The third-order valence-electron chi connectivity index (χ3n) is 4.93. The fourth-order valence-electron chi connectivity index (χ4n) is 2.98. The van der Waals surface area contributed by atoms with Gasteiger partial charge in [0.1, 0.15) is 0 Å². The molecule has 1 heterocycles. The minimum atomic E-state index is -0.00106. The van der Waals surface area contributed by atoms with Crippen LogP contribution in [0.5, 0.6) is 0 Å². The van der Waals surface area contributed by atoms with E-state index in [2.05, 4.69) is 43.2 Å². The topological polar surface area (TPSA) is 44.4 Å². The standard InChI is InChI=1S/C17H35N3O/c1-6-10-18-14(4)16-8-11-20(12-9-16)15(5)17(21)19-13(3)7-2/h13-16,18H,6-12H2,1-5H3,(H,19,21). The highest BCUT2D eigenvalue weighted by molar-refractivity contribution is 5.81. The second kappa shape index (κ2) is 9.42. The van der Waals surface area contributed by atoms with E-state index in [0.29, 0.717) is 6.04 Å². The summed E-state index contributed by atoms with van der Waals surface area (Å²) in [5.41, 5.74) is 0. The number of carbonyl (C=O) groups excluding carboxylic acids is 1. The molecule has 1 fully saturated rings. The minimum absolute atomic E-state index is 0.00106. The van der Waals surface area contributed by atoms with Gasteiger partial charge in [-0.25, -0.2) is 0 Å². The minimum Gasteiger partial charge on any atom is -0.352 e. The molecule has 3 atom stereocenters. The molecule has 1 saturated heterocycles. The molecule has 0 bridgehead atoms. The predicted octanol–water partition coefficient (Wildman–Crippen LogP) is 2.39. The zero-order valence-electron chi connectivity index (χ0n) is 14.6. The van der Waals surface area contributed by atoms with E-state index in [1.807, 2.05) is 6.92 Å². The predicted molar refractivity (Wildman–Crippen MR) is 89.4 cm³/mol. The fraction of sp³-hybridized carbons (Fsp3) is 0.941. The highest BCUT2D eigenvalue weighted by Gasteiger charge is 2.28. The van der Waals surface area contributed by atoms with E-state index in [0.717, 1.165) is 32.0 Å². The molecule has 0 aromatic carbocycles. The number of amides is 1. The summed E-state index contributed by atoms with van der Waals surface area (Å²) in [5, 5.41) is 6.70. The molecule has 1 aliphatic rings. The van der Waals surface area contributed by atoms with E-state index in [1.54, 1.807) is 0 Å². The van der Waals surface area contributed by atoms with Gasteiger partial charge in [-0.15, -0.1) is 0 Å². The number of hydrogen-bond donors (Lipinski definition) is 2. The molecule has 0 aromatic rings. The van der Waals surface area contributed by atoms with E-state index in [1.165, 1.54) is 19.3 Å². The van der Waals surface area contributed by atoms with Crippen molar-refractivity contribution >= 4 is 5.91 Å². The molecular weight excluding hydrogens is 262 g/mol. The lowest BCUT2D eigenvalue weighted by atomic mass is 9.89. The lowest BCUT2D eigenvalue weighted by molar-refractivity contribution is -0.127. The highest BCUT2D eigenvalue weighted by atomic mass is 16.2. The third kappa shape index (κ3) is 5.95. The van der Waals surface area contributed by atoms with Crippen LogP contribution in [0, 0.1) is 5.92 Å². The Labute approximate surface area is 131 Å². The van der Waals surface area contributed by atoms with Gasteiger partial charge in [-0.05, 0) is 72.0 Å². The average molecular weight is 297 g/mol. The Morgan fingerprint density at radius 3 is 2.33 bits per heavy atom. The van der Waals surface area contributed by atoms with Crippen molar-refractivity contribution in [2.24, 2.45) is 5.92 Å². The van der Waals surface area contributed by atoms with E-state index in [4.69, 9.17) is 0 Å². The van der Waals surface area contributed by atoms with Crippen LogP contribution in [0.3, 0.4) is 0 Å². The lowest BCUT2D eigenvalue weighted by Crippen LogP contribution is -2.51. The summed E-state index contributed by atoms with van der Waals surface area (Å²) in [4.78, 5) is 14.5. The average Bonchev–Trinajstić information content (AvgIpc) is 2.51. The maximum atomic E-state index is 12.2. The monoisotopic (exact) mass is 297 g/mol. The normalized spacial score (nSPS) is 21.8. The smallest absolute Gasteiger partial charge is 0.237 e. The molecule has 2 N–H and O–H groups in total. The first-order valence-corrected chi connectivity index (χ1v) is 8.77. The van der Waals surface area contributed by atoms with Gasteiger partial charge in [0.15, 0.2) is 0 Å². The Hall–Kier alpha value is -0.610.